The third-order valence-corrected chi connectivity index (χ3v) is 4.32. The van der Waals surface area contributed by atoms with Gasteiger partial charge in [0.15, 0.2) is 5.78 Å². The van der Waals surface area contributed by atoms with Crippen molar-refractivity contribution in [3.63, 3.8) is 0 Å². The lowest BCUT2D eigenvalue weighted by Gasteiger charge is -2.28. The minimum Gasteiger partial charge on any atom is -0.469 e. The maximum Gasteiger partial charge on any atom is 0.305 e. The van der Waals surface area contributed by atoms with E-state index in [0.717, 1.165) is 31.2 Å². The maximum absolute atomic E-state index is 11.3. The number of benzene rings is 1. The first-order valence-corrected chi connectivity index (χ1v) is 7.28. The summed E-state index contributed by atoms with van der Waals surface area (Å²) in [5.41, 5.74) is 2.08. The molecule has 2 rings (SSSR count). The molecule has 1 aromatic carbocycles. The summed E-state index contributed by atoms with van der Waals surface area (Å²) in [7, 11) is 1.45. The largest absolute Gasteiger partial charge is 0.469 e. The number of esters is 1. The van der Waals surface area contributed by atoms with Crippen molar-refractivity contribution in [3.8, 4) is 0 Å². The van der Waals surface area contributed by atoms with E-state index < -0.39 is 0 Å². The first kappa shape index (κ1) is 14.8. The van der Waals surface area contributed by atoms with Gasteiger partial charge in [-0.1, -0.05) is 24.3 Å². The minimum absolute atomic E-state index is 0.0979. The Balaban J connectivity index is 1.90. The number of carbonyl (C=O) groups excluding carboxylic acids is 2. The molecule has 0 spiro atoms. The van der Waals surface area contributed by atoms with E-state index in [1.54, 1.807) is 6.92 Å². The zero-order valence-corrected chi connectivity index (χ0v) is 12.2. The Morgan fingerprint density at radius 1 is 1.10 bits per heavy atom. The Kier molecular flexibility index (Phi) is 4.94. The molecule has 0 aromatic heterocycles. The van der Waals surface area contributed by atoms with Gasteiger partial charge in [-0.05, 0) is 50.0 Å². The minimum atomic E-state index is -0.0979. The molecule has 1 aromatic rings. The van der Waals surface area contributed by atoms with Crippen LogP contribution in [0.25, 0.3) is 0 Å². The van der Waals surface area contributed by atoms with Crippen molar-refractivity contribution in [2.24, 2.45) is 5.92 Å². The van der Waals surface area contributed by atoms with Crippen molar-refractivity contribution in [1.82, 2.24) is 0 Å². The second-order valence-electron chi connectivity index (χ2n) is 5.68. The molecule has 1 saturated carbocycles. The summed E-state index contributed by atoms with van der Waals surface area (Å²) in [4.78, 5) is 22.5. The van der Waals surface area contributed by atoms with Gasteiger partial charge in [-0.25, -0.2) is 0 Å². The van der Waals surface area contributed by atoms with Crippen molar-refractivity contribution in [2.45, 2.75) is 44.9 Å². The van der Waals surface area contributed by atoms with E-state index in [4.69, 9.17) is 4.74 Å². The molecule has 0 saturated heterocycles. The van der Waals surface area contributed by atoms with E-state index >= 15 is 0 Å². The fourth-order valence-electron chi connectivity index (χ4n) is 3.01. The summed E-state index contributed by atoms with van der Waals surface area (Å²) in [6.45, 7) is 1.59. The molecule has 1 aliphatic rings. The fourth-order valence-corrected chi connectivity index (χ4v) is 3.01. The normalized spacial score (nSPS) is 22.3. The first-order chi connectivity index (χ1) is 9.60. The molecule has 0 radical (unpaired) electrons. The highest BCUT2D eigenvalue weighted by atomic mass is 16.5. The number of Topliss-reactive ketones (excluding diaryl/α,β-unsaturated/α-hetero) is 1. The lowest BCUT2D eigenvalue weighted by molar-refractivity contribution is -0.142. The molecule has 0 amide bonds. The third kappa shape index (κ3) is 3.69. The number of hydrogen-bond acceptors (Lipinski definition) is 3. The zero-order chi connectivity index (χ0) is 14.5. The standard InChI is InChI=1S/C17H22O3/c1-12(18)14-7-9-16(10-8-14)15-5-3-13(4-6-15)11-17(19)20-2/h7-10,13,15H,3-6,11H2,1-2H3. The lowest BCUT2D eigenvalue weighted by atomic mass is 9.77. The molecule has 0 unspecified atom stereocenters. The van der Waals surface area contributed by atoms with Crippen molar-refractivity contribution in [3.05, 3.63) is 35.4 Å². The van der Waals surface area contributed by atoms with Gasteiger partial charge >= 0.3 is 5.97 Å². The molecule has 0 aliphatic heterocycles. The van der Waals surface area contributed by atoms with Crippen molar-refractivity contribution in [1.29, 1.82) is 0 Å². The van der Waals surface area contributed by atoms with E-state index in [1.807, 2.05) is 12.1 Å². The Morgan fingerprint density at radius 2 is 1.70 bits per heavy atom. The molecule has 3 nitrogen and oxygen atoms in total. The summed E-state index contributed by atoms with van der Waals surface area (Å²) in [6.07, 6.45) is 4.93. The molecule has 0 heterocycles. The average Bonchev–Trinajstić information content (AvgIpc) is 2.48. The highest BCUT2D eigenvalue weighted by Gasteiger charge is 2.24. The van der Waals surface area contributed by atoms with Crippen LogP contribution >= 0.6 is 0 Å². The molecular weight excluding hydrogens is 252 g/mol. The summed E-state index contributed by atoms with van der Waals surface area (Å²) in [5, 5.41) is 0. The van der Waals surface area contributed by atoms with Crippen LogP contribution in [-0.4, -0.2) is 18.9 Å². The van der Waals surface area contributed by atoms with Gasteiger partial charge in [0.2, 0.25) is 0 Å². The van der Waals surface area contributed by atoms with Crippen molar-refractivity contribution >= 4 is 11.8 Å². The highest BCUT2D eigenvalue weighted by Crippen LogP contribution is 2.37. The quantitative estimate of drug-likeness (QED) is 0.620. The van der Waals surface area contributed by atoms with Crippen LogP contribution in [0.4, 0.5) is 0 Å². The van der Waals surface area contributed by atoms with Crippen LogP contribution in [0.1, 0.15) is 60.9 Å². The molecule has 0 atom stereocenters. The van der Waals surface area contributed by atoms with E-state index in [1.165, 1.54) is 12.7 Å². The topological polar surface area (TPSA) is 43.4 Å². The predicted molar refractivity (Wildman–Crippen MR) is 77.8 cm³/mol. The van der Waals surface area contributed by atoms with Crippen molar-refractivity contribution in [2.75, 3.05) is 7.11 Å². The Bertz CT molecular complexity index is 468. The van der Waals surface area contributed by atoms with Gasteiger partial charge in [-0.2, -0.15) is 0 Å². The number of carbonyl (C=O) groups is 2. The van der Waals surface area contributed by atoms with Crippen LogP contribution in [0.3, 0.4) is 0 Å². The summed E-state index contributed by atoms with van der Waals surface area (Å²) in [6, 6.07) is 7.97. The Hall–Kier alpha value is -1.64. The van der Waals surface area contributed by atoms with Gasteiger partial charge in [-0.15, -0.1) is 0 Å². The van der Waals surface area contributed by atoms with Crippen LogP contribution in [0.5, 0.6) is 0 Å². The molecule has 3 heteroatoms. The van der Waals surface area contributed by atoms with Gasteiger partial charge in [0.1, 0.15) is 0 Å². The van der Waals surface area contributed by atoms with E-state index in [-0.39, 0.29) is 11.8 Å². The van der Waals surface area contributed by atoms with Gasteiger partial charge in [0.25, 0.3) is 0 Å². The second kappa shape index (κ2) is 6.69. The second-order valence-corrected chi connectivity index (χ2v) is 5.68. The molecule has 0 N–H and O–H groups in total. The van der Waals surface area contributed by atoms with Crippen LogP contribution in [0, 0.1) is 5.92 Å². The monoisotopic (exact) mass is 274 g/mol. The van der Waals surface area contributed by atoms with E-state index in [2.05, 4.69) is 12.1 Å². The lowest BCUT2D eigenvalue weighted by Crippen LogP contribution is -2.17. The predicted octanol–water partition coefficient (Wildman–Crippen LogP) is 3.73. The molecule has 0 bridgehead atoms. The summed E-state index contributed by atoms with van der Waals surface area (Å²) in [5.74, 6) is 1.04. The summed E-state index contributed by atoms with van der Waals surface area (Å²) >= 11 is 0. The number of hydrogen-bond donors (Lipinski definition) is 0. The summed E-state index contributed by atoms with van der Waals surface area (Å²) < 4.78 is 4.73. The number of rotatable bonds is 4. The number of methoxy groups -OCH3 is 1. The molecule has 1 aliphatic carbocycles. The SMILES string of the molecule is COC(=O)CC1CCC(c2ccc(C(C)=O)cc2)CC1. The molecule has 108 valence electrons. The molecule has 1 fully saturated rings. The highest BCUT2D eigenvalue weighted by molar-refractivity contribution is 5.94. The van der Waals surface area contributed by atoms with Crippen LogP contribution in [0.2, 0.25) is 0 Å². The third-order valence-electron chi connectivity index (χ3n) is 4.32. The van der Waals surface area contributed by atoms with E-state index in [9.17, 15) is 9.59 Å². The molecule has 20 heavy (non-hydrogen) atoms. The Labute approximate surface area is 120 Å². The van der Waals surface area contributed by atoms with Crippen molar-refractivity contribution < 1.29 is 14.3 Å². The van der Waals surface area contributed by atoms with Gasteiger partial charge in [-0.3, -0.25) is 9.59 Å². The number of ether oxygens (including phenoxy) is 1. The van der Waals surface area contributed by atoms with E-state index in [0.29, 0.717) is 18.3 Å². The van der Waals surface area contributed by atoms with Gasteiger partial charge in [0.05, 0.1) is 7.11 Å². The molecular formula is C17H22O3. The fraction of sp³-hybridized carbons (Fsp3) is 0.529. The smallest absolute Gasteiger partial charge is 0.305 e. The Morgan fingerprint density at radius 3 is 2.20 bits per heavy atom. The van der Waals surface area contributed by atoms with Crippen LogP contribution < -0.4 is 0 Å². The van der Waals surface area contributed by atoms with Crippen LogP contribution in [0.15, 0.2) is 24.3 Å². The van der Waals surface area contributed by atoms with Gasteiger partial charge in [0, 0.05) is 12.0 Å². The van der Waals surface area contributed by atoms with Crippen LogP contribution in [-0.2, 0) is 9.53 Å². The van der Waals surface area contributed by atoms with Gasteiger partial charge < -0.3 is 4.74 Å². The average molecular weight is 274 g/mol. The number of ketones is 1. The maximum atomic E-state index is 11.3. The zero-order valence-electron chi connectivity index (χ0n) is 12.2. The first-order valence-electron chi connectivity index (χ1n) is 7.28.